The van der Waals surface area contributed by atoms with E-state index >= 15 is 0 Å². The van der Waals surface area contributed by atoms with E-state index in [1.807, 2.05) is 42.3 Å². The standard InChI is InChI=1S/C22H24N4O4/c1-25-12-16(21(27)23-14-7-8-18-19(11-14)30-10-9-29-18)20-17(13-25)22(28)26(24-20)15-5-3-2-4-6-15/h2-8,11,16-17,20,24H,9-10,12-13H2,1H3,(H,23,27). The highest BCUT2D eigenvalue weighted by atomic mass is 16.6. The van der Waals surface area contributed by atoms with Crippen LogP contribution in [0.3, 0.4) is 0 Å². The summed E-state index contributed by atoms with van der Waals surface area (Å²) in [5.41, 5.74) is 4.73. The number of nitrogens with one attached hydrogen (secondary N) is 2. The lowest BCUT2D eigenvalue weighted by Crippen LogP contribution is -2.55. The van der Waals surface area contributed by atoms with Crippen LogP contribution >= 0.6 is 0 Å². The molecule has 0 bridgehead atoms. The minimum atomic E-state index is -0.375. The molecule has 3 atom stereocenters. The molecule has 0 aliphatic carbocycles. The van der Waals surface area contributed by atoms with Crippen molar-refractivity contribution in [3.8, 4) is 11.5 Å². The highest BCUT2D eigenvalue weighted by Crippen LogP contribution is 2.34. The zero-order chi connectivity index (χ0) is 20.7. The molecule has 3 heterocycles. The number of anilines is 2. The second kappa shape index (κ2) is 7.62. The Bertz CT molecular complexity index is 967. The number of rotatable bonds is 3. The van der Waals surface area contributed by atoms with Crippen molar-refractivity contribution >= 4 is 23.2 Å². The lowest BCUT2D eigenvalue weighted by atomic mass is 9.84. The first kappa shape index (κ1) is 18.9. The van der Waals surface area contributed by atoms with Crippen molar-refractivity contribution in [3.05, 3.63) is 48.5 Å². The maximum atomic E-state index is 13.2. The number of carbonyl (C=O) groups excluding carboxylic acids is 2. The Kier molecular flexibility index (Phi) is 4.80. The number of hydrogen-bond donors (Lipinski definition) is 2. The van der Waals surface area contributed by atoms with E-state index in [2.05, 4.69) is 10.7 Å². The van der Waals surface area contributed by atoms with Gasteiger partial charge in [-0.05, 0) is 31.3 Å². The summed E-state index contributed by atoms with van der Waals surface area (Å²) in [4.78, 5) is 28.3. The van der Waals surface area contributed by atoms with Crippen LogP contribution in [0.1, 0.15) is 0 Å². The second-order valence-corrected chi connectivity index (χ2v) is 7.95. The number of amides is 2. The molecule has 30 heavy (non-hydrogen) atoms. The van der Waals surface area contributed by atoms with Crippen LogP contribution < -0.4 is 25.2 Å². The van der Waals surface area contributed by atoms with E-state index in [9.17, 15) is 9.59 Å². The maximum Gasteiger partial charge on any atom is 0.247 e. The number of ether oxygens (including phenoxy) is 2. The highest BCUT2D eigenvalue weighted by molar-refractivity contribution is 6.00. The fraction of sp³-hybridized carbons (Fsp3) is 0.364. The third-order valence-electron chi connectivity index (χ3n) is 5.86. The molecule has 2 N–H and O–H groups in total. The molecule has 0 radical (unpaired) electrons. The summed E-state index contributed by atoms with van der Waals surface area (Å²) in [5, 5.41) is 4.58. The van der Waals surface area contributed by atoms with E-state index < -0.39 is 0 Å². The average Bonchev–Trinajstić information content (AvgIpc) is 3.10. The lowest BCUT2D eigenvalue weighted by Gasteiger charge is -2.36. The van der Waals surface area contributed by atoms with Gasteiger partial charge in [-0.3, -0.25) is 9.59 Å². The van der Waals surface area contributed by atoms with Gasteiger partial charge in [-0.25, -0.2) is 10.4 Å². The number of fused-ring (bicyclic) bond motifs is 2. The molecule has 2 aromatic carbocycles. The van der Waals surface area contributed by atoms with Crippen LogP contribution in [0.5, 0.6) is 11.5 Å². The van der Waals surface area contributed by atoms with Crippen LogP contribution in [0.25, 0.3) is 0 Å². The van der Waals surface area contributed by atoms with Gasteiger partial charge in [-0.1, -0.05) is 18.2 Å². The van der Waals surface area contributed by atoms with Crippen molar-refractivity contribution < 1.29 is 19.1 Å². The van der Waals surface area contributed by atoms with Crippen molar-refractivity contribution in [3.63, 3.8) is 0 Å². The fourth-order valence-electron chi connectivity index (χ4n) is 4.42. The number of piperidine rings is 1. The molecule has 5 rings (SSSR count). The van der Waals surface area contributed by atoms with Crippen molar-refractivity contribution in [2.24, 2.45) is 11.8 Å². The minimum Gasteiger partial charge on any atom is -0.486 e. The van der Waals surface area contributed by atoms with Gasteiger partial charge in [0.1, 0.15) is 13.2 Å². The normalized spacial score (nSPS) is 25.7. The van der Waals surface area contributed by atoms with Gasteiger partial charge >= 0.3 is 0 Å². The molecular weight excluding hydrogens is 384 g/mol. The molecule has 2 aromatic rings. The predicted octanol–water partition coefficient (Wildman–Crippen LogP) is 1.49. The van der Waals surface area contributed by atoms with Crippen LogP contribution in [0, 0.1) is 11.8 Å². The molecule has 3 aliphatic rings. The van der Waals surface area contributed by atoms with Crippen LogP contribution in [-0.4, -0.2) is 56.1 Å². The highest BCUT2D eigenvalue weighted by Gasteiger charge is 2.50. The Balaban J connectivity index is 1.36. The number of nitrogens with zero attached hydrogens (tertiary/aromatic N) is 2. The Labute approximate surface area is 174 Å². The topological polar surface area (TPSA) is 83.1 Å². The van der Waals surface area contributed by atoms with Gasteiger partial charge in [0.05, 0.1) is 23.6 Å². The molecule has 2 saturated heterocycles. The van der Waals surface area contributed by atoms with E-state index in [0.29, 0.717) is 43.5 Å². The van der Waals surface area contributed by atoms with Gasteiger partial charge in [-0.15, -0.1) is 0 Å². The third kappa shape index (κ3) is 3.38. The van der Waals surface area contributed by atoms with E-state index in [-0.39, 0.29) is 29.7 Å². The monoisotopic (exact) mass is 408 g/mol. The van der Waals surface area contributed by atoms with E-state index in [1.165, 1.54) is 0 Å². The second-order valence-electron chi connectivity index (χ2n) is 7.95. The summed E-state index contributed by atoms with van der Waals surface area (Å²) in [6, 6.07) is 14.6. The number of carbonyl (C=O) groups is 2. The SMILES string of the molecule is CN1CC(C(=O)Nc2ccc3c(c2)OCCO3)C2NN(c3ccccc3)C(=O)C2C1. The summed E-state index contributed by atoms with van der Waals surface area (Å²) < 4.78 is 11.1. The van der Waals surface area contributed by atoms with Crippen molar-refractivity contribution in [2.45, 2.75) is 6.04 Å². The van der Waals surface area contributed by atoms with Gasteiger partial charge < -0.3 is 19.7 Å². The molecule has 2 amide bonds. The molecule has 8 heteroatoms. The molecule has 8 nitrogen and oxygen atoms in total. The zero-order valence-electron chi connectivity index (χ0n) is 16.7. The van der Waals surface area contributed by atoms with Gasteiger partial charge in [0.15, 0.2) is 11.5 Å². The van der Waals surface area contributed by atoms with Crippen LogP contribution in [-0.2, 0) is 9.59 Å². The summed E-state index contributed by atoms with van der Waals surface area (Å²) in [6.45, 7) is 2.20. The Morgan fingerprint density at radius 2 is 1.83 bits per heavy atom. The Hall–Kier alpha value is -3.10. The minimum absolute atomic E-state index is 0.00474. The summed E-state index contributed by atoms with van der Waals surface area (Å²) in [6.07, 6.45) is 0. The molecule has 0 aromatic heterocycles. The van der Waals surface area contributed by atoms with Gasteiger partial charge in [-0.2, -0.15) is 0 Å². The number of likely N-dealkylation sites (tertiary alicyclic amines) is 1. The van der Waals surface area contributed by atoms with Gasteiger partial charge in [0, 0.05) is 24.8 Å². The third-order valence-corrected chi connectivity index (χ3v) is 5.86. The Morgan fingerprint density at radius 1 is 1.07 bits per heavy atom. The smallest absolute Gasteiger partial charge is 0.247 e. The molecule has 3 aliphatic heterocycles. The van der Waals surface area contributed by atoms with Crippen molar-refractivity contribution in [1.82, 2.24) is 10.3 Å². The molecule has 3 unspecified atom stereocenters. The molecule has 0 spiro atoms. The first-order valence-electron chi connectivity index (χ1n) is 10.1. The lowest BCUT2D eigenvalue weighted by molar-refractivity contribution is -0.125. The number of para-hydroxylation sites is 1. The average molecular weight is 408 g/mol. The zero-order valence-corrected chi connectivity index (χ0v) is 16.7. The van der Waals surface area contributed by atoms with Gasteiger partial charge in [0.2, 0.25) is 11.8 Å². The quantitative estimate of drug-likeness (QED) is 0.801. The van der Waals surface area contributed by atoms with Gasteiger partial charge in [0.25, 0.3) is 0 Å². The molecule has 2 fully saturated rings. The number of hydrogen-bond acceptors (Lipinski definition) is 6. The number of hydrazine groups is 1. The van der Waals surface area contributed by atoms with Crippen LogP contribution in [0.15, 0.2) is 48.5 Å². The predicted molar refractivity (Wildman–Crippen MR) is 111 cm³/mol. The Morgan fingerprint density at radius 3 is 2.63 bits per heavy atom. The van der Waals surface area contributed by atoms with E-state index in [4.69, 9.17) is 9.47 Å². The first-order valence-corrected chi connectivity index (χ1v) is 10.1. The maximum absolute atomic E-state index is 13.2. The fourth-order valence-corrected chi connectivity index (χ4v) is 4.42. The summed E-state index contributed by atoms with van der Waals surface area (Å²) >= 11 is 0. The molecular formula is C22H24N4O4. The van der Waals surface area contributed by atoms with Crippen molar-refractivity contribution in [1.29, 1.82) is 0 Å². The summed E-state index contributed by atoms with van der Waals surface area (Å²) in [7, 11) is 1.94. The first-order chi connectivity index (χ1) is 14.6. The van der Waals surface area contributed by atoms with E-state index in [1.54, 1.807) is 23.2 Å². The molecule has 156 valence electrons. The van der Waals surface area contributed by atoms with E-state index in [0.717, 1.165) is 5.69 Å². The number of benzene rings is 2. The summed E-state index contributed by atoms with van der Waals surface area (Å²) in [5.74, 6) is 0.526. The van der Waals surface area contributed by atoms with Crippen molar-refractivity contribution in [2.75, 3.05) is 43.7 Å². The van der Waals surface area contributed by atoms with Crippen LogP contribution in [0.2, 0.25) is 0 Å². The molecule has 0 saturated carbocycles. The largest absolute Gasteiger partial charge is 0.486 e. The van der Waals surface area contributed by atoms with Crippen LogP contribution in [0.4, 0.5) is 11.4 Å².